The molecule has 1 aliphatic heterocycles. The maximum atomic E-state index is 13.9. The summed E-state index contributed by atoms with van der Waals surface area (Å²) in [5.41, 5.74) is 0.668. The van der Waals surface area contributed by atoms with Crippen LogP contribution >= 0.6 is 11.3 Å². The van der Waals surface area contributed by atoms with Crippen molar-refractivity contribution in [3.63, 3.8) is 0 Å². The van der Waals surface area contributed by atoms with E-state index >= 15 is 0 Å². The lowest BCUT2D eigenvalue weighted by Gasteiger charge is -2.34. The summed E-state index contributed by atoms with van der Waals surface area (Å²) in [6.45, 7) is 4.46. The van der Waals surface area contributed by atoms with Gasteiger partial charge in [-0.3, -0.25) is 9.59 Å². The molecule has 0 spiro atoms. The van der Waals surface area contributed by atoms with Gasteiger partial charge in [0.2, 0.25) is 15.9 Å². The van der Waals surface area contributed by atoms with Crippen LogP contribution in [0.2, 0.25) is 0 Å². The first kappa shape index (κ1) is 21.6. The molecule has 6 nitrogen and oxygen atoms in total. The minimum atomic E-state index is -3.94. The molecule has 2 heterocycles. The second-order valence-electron chi connectivity index (χ2n) is 6.97. The topological polar surface area (TPSA) is 74.8 Å². The lowest BCUT2D eigenvalue weighted by molar-refractivity contribution is -0.132. The van der Waals surface area contributed by atoms with Crippen molar-refractivity contribution < 1.29 is 22.4 Å². The number of benzene rings is 1. The van der Waals surface area contributed by atoms with Gasteiger partial charge in [-0.15, -0.1) is 11.3 Å². The quantitative estimate of drug-likeness (QED) is 0.650. The molecule has 9 heteroatoms. The highest BCUT2D eigenvalue weighted by Crippen LogP contribution is 2.23. The third-order valence-corrected chi connectivity index (χ3v) is 7.85. The van der Waals surface area contributed by atoms with Gasteiger partial charge in [-0.05, 0) is 32.0 Å². The number of thiophene rings is 1. The fourth-order valence-electron chi connectivity index (χ4n) is 3.39. The molecule has 0 N–H and O–H groups in total. The summed E-state index contributed by atoms with van der Waals surface area (Å²) in [7, 11) is -3.94. The summed E-state index contributed by atoms with van der Waals surface area (Å²) in [6, 6.07) is 7.11. The fourth-order valence-corrected chi connectivity index (χ4v) is 5.82. The summed E-state index contributed by atoms with van der Waals surface area (Å²) in [4.78, 5) is 28.0. The number of carbonyl (C=O) groups is 2. The van der Waals surface area contributed by atoms with Gasteiger partial charge in [0, 0.05) is 54.3 Å². The van der Waals surface area contributed by atoms with Crippen molar-refractivity contribution >= 4 is 33.1 Å². The monoisotopic (exact) mass is 438 g/mol. The molecule has 2 aromatic rings. The molecule has 0 bridgehead atoms. The fraction of sp³-hybridized carbons (Fsp3) is 0.400. The number of sulfonamides is 1. The van der Waals surface area contributed by atoms with Gasteiger partial charge < -0.3 is 4.90 Å². The first-order chi connectivity index (χ1) is 13.7. The van der Waals surface area contributed by atoms with Gasteiger partial charge in [-0.1, -0.05) is 12.1 Å². The van der Waals surface area contributed by atoms with E-state index in [1.165, 1.54) is 22.5 Å². The van der Waals surface area contributed by atoms with Crippen LogP contribution in [0.1, 0.15) is 33.0 Å². The molecule has 0 saturated carbocycles. The van der Waals surface area contributed by atoms with Crippen LogP contribution in [-0.4, -0.2) is 55.5 Å². The molecule has 1 aliphatic rings. The van der Waals surface area contributed by atoms with Crippen LogP contribution in [-0.2, 0) is 14.8 Å². The Morgan fingerprint density at radius 2 is 1.72 bits per heavy atom. The van der Waals surface area contributed by atoms with Gasteiger partial charge in [0.15, 0.2) is 5.78 Å². The Bertz CT molecular complexity index is 1020. The van der Waals surface area contributed by atoms with E-state index in [9.17, 15) is 22.4 Å². The molecule has 1 fully saturated rings. The Labute approximate surface area is 174 Å². The Kier molecular flexibility index (Phi) is 6.50. The number of Topliss-reactive ketones (excluding diaryl/α,β-unsaturated/α-hetero) is 1. The van der Waals surface area contributed by atoms with Crippen molar-refractivity contribution in [3.05, 3.63) is 51.5 Å². The number of amides is 1. The first-order valence-corrected chi connectivity index (χ1v) is 11.6. The third kappa shape index (κ3) is 4.73. The Morgan fingerprint density at radius 1 is 1.07 bits per heavy atom. The summed E-state index contributed by atoms with van der Waals surface area (Å²) in [6.07, 6.45) is 0.219. The second-order valence-corrected chi connectivity index (χ2v) is 10.3. The van der Waals surface area contributed by atoms with Crippen molar-refractivity contribution in [2.24, 2.45) is 0 Å². The van der Waals surface area contributed by atoms with Gasteiger partial charge in [0.1, 0.15) is 10.7 Å². The number of rotatable bonds is 6. The van der Waals surface area contributed by atoms with Crippen LogP contribution in [0.4, 0.5) is 4.39 Å². The van der Waals surface area contributed by atoms with Crippen molar-refractivity contribution in [3.8, 4) is 0 Å². The van der Waals surface area contributed by atoms with Gasteiger partial charge in [-0.2, -0.15) is 4.31 Å². The van der Waals surface area contributed by atoms with Crippen molar-refractivity contribution in [2.75, 3.05) is 26.2 Å². The smallest absolute Gasteiger partial charge is 0.246 e. The summed E-state index contributed by atoms with van der Waals surface area (Å²) in [5.74, 6) is -1.02. The van der Waals surface area contributed by atoms with E-state index in [2.05, 4.69) is 0 Å². The molecule has 0 radical (unpaired) electrons. The van der Waals surface area contributed by atoms with E-state index in [0.717, 1.165) is 15.8 Å². The van der Waals surface area contributed by atoms with Crippen molar-refractivity contribution in [1.82, 2.24) is 9.21 Å². The number of ketones is 1. The molecule has 29 heavy (non-hydrogen) atoms. The number of piperazine rings is 1. The average molecular weight is 439 g/mol. The van der Waals surface area contributed by atoms with E-state index in [0.29, 0.717) is 5.56 Å². The number of halogens is 1. The van der Waals surface area contributed by atoms with E-state index in [4.69, 9.17) is 0 Å². The molecule has 0 unspecified atom stereocenters. The maximum absolute atomic E-state index is 13.9. The van der Waals surface area contributed by atoms with E-state index < -0.39 is 15.8 Å². The molecule has 156 valence electrons. The van der Waals surface area contributed by atoms with E-state index in [1.54, 1.807) is 16.2 Å². The van der Waals surface area contributed by atoms with E-state index in [-0.39, 0.29) is 55.6 Å². The normalized spacial score (nSPS) is 15.5. The number of hydrogen-bond donors (Lipinski definition) is 0. The minimum absolute atomic E-state index is 0.0547. The molecular weight excluding hydrogens is 415 g/mol. The zero-order chi connectivity index (χ0) is 21.2. The van der Waals surface area contributed by atoms with Gasteiger partial charge in [-0.25, -0.2) is 12.8 Å². The molecule has 1 aromatic carbocycles. The zero-order valence-electron chi connectivity index (χ0n) is 16.4. The first-order valence-electron chi connectivity index (χ1n) is 9.33. The summed E-state index contributed by atoms with van der Waals surface area (Å²) in [5, 5.41) is 0. The highest BCUT2D eigenvalue weighted by Gasteiger charge is 2.31. The lowest BCUT2D eigenvalue weighted by atomic mass is 10.1. The van der Waals surface area contributed by atoms with Crippen LogP contribution in [0.3, 0.4) is 0 Å². The van der Waals surface area contributed by atoms with Crippen LogP contribution in [0.25, 0.3) is 0 Å². The molecule has 1 amide bonds. The average Bonchev–Trinajstić information content (AvgIpc) is 3.04. The number of hydrogen-bond acceptors (Lipinski definition) is 5. The SMILES string of the molecule is Cc1cc(C(=O)CCC(=O)N2CCN(S(=O)(=O)c3ccccc3F)CC2)c(C)s1. The van der Waals surface area contributed by atoms with Crippen LogP contribution in [0.15, 0.2) is 35.2 Å². The Hall–Kier alpha value is -2.10. The van der Waals surface area contributed by atoms with Crippen LogP contribution < -0.4 is 0 Å². The summed E-state index contributed by atoms with van der Waals surface area (Å²) < 4.78 is 40.3. The number of nitrogens with zero attached hydrogens (tertiary/aromatic N) is 2. The minimum Gasteiger partial charge on any atom is -0.340 e. The highest BCUT2D eigenvalue weighted by atomic mass is 32.2. The Morgan fingerprint density at radius 3 is 2.31 bits per heavy atom. The standard InChI is InChI=1S/C20H23FN2O4S2/c1-14-13-16(15(2)28-14)18(24)7-8-20(25)22-9-11-23(12-10-22)29(26,27)19-6-4-3-5-17(19)21/h3-6,13H,7-12H2,1-2H3. The molecular formula is C20H23FN2O4S2. The van der Waals surface area contributed by atoms with Gasteiger partial charge >= 0.3 is 0 Å². The predicted octanol–water partition coefficient (Wildman–Crippen LogP) is 3.00. The predicted molar refractivity (Wildman–Crippen MR) is 109 cm³/mol. The Balaban J connectivity index is 1.55. The molecule has 0 aliphatic carbocycles. The molecule has 1 saturated heterocycles. The molecule has 1 aromatic heterocycles. The molecule has 0 atom stereocenters. The molecule has 3 rings (SSSR count). The van der Waals surface area contributed by atoms with E-state index in [1.807, 2.05) is 19.9 Å². The lowest BCUT2D eigenvalue weighted by Crippen LogP contribution is -2.50. The zero-order valence-corrected chi connectivity index (χ0v) is 18.0. The van der Waals surface area contributed by atoms with Crippen LogP contribution in [0.5, 0.6) is 0 Å². The number of aryl methyl sites for hydroxylation is 2. The second kappa shape index (κ2) is 8.73. The maximum Gasteiger partial charge on any atom is 0.246 e. The van der Waals surface area contributed by atoms with Gasteiger partial charge in [0.05, 0.1) is 0 Å². The van der Waals surface area contributed by atoms with Gasteiger partial charge in [0.25, 0.3) is 0 Å². The highest BCUT2D eigenvalue weighted by molar-refractivity contribution is 7.89. The van der Waals surface area contributed by atoms with Crippen molar-refractivity contribution in [1.29, 1.82) is 0 Å². The summed E-state index contributed by atoms with van der Waals surface area (Å²) >= 11 is 1.56. The third-order valence-electron chi connectivity index (χ3n) is 4.95. The number of carbonyl (C=O) groups excluding carboxylic acids is 2. The van der Waals surface area contributed by atoms with Crippen molar-refractivity contribution in [2.45, 2.75) is 31.6 Å². The largest absolute Gasteiger partial charge is 0.340 e. The van der Waals surface area contributed by atoms with Crippen LogP contribution in [0, 0.1) is 19.7 Å².